The Morgan fingerprint density at radius 1 is 1.21 bits per heavy atom. The molecule has 0 radical (unpaired) electrons. The molecule has 1 atom stereocenters. The highest BCUT2D eigenvalue weighted by molar-refractivity contribution is 6.31. The van der Waals surface area contributed by atoms with Gasteiger partial charge in [0.25, 0.3) is 0 Å². The Kier molecular flexibility index (Phi) is 5.37. The van der Waals surface area contributed by atoms with E-state index in [2.05, 4.69) is 47.6 Å². The highest BCUT2D eigenvalue weighted by Crippen LogP contribution is 2.13. The zero-order valence-electron chi connectivity index (χ0n) is 11.1. The molecule has 0 aliphatic rings. The van der Waals surface area contributed by atoms with E-state index >= 15 is 0 Å². The Morgan fingerprint density at radius 2 is 2.00 bits per heavy atom. The molecule has 100 valence electrons. The molecule has 2 nitrogen and oxygen atoms in total. The SMILES string of the molecule is CC(CCc1ccccc1)NCc1ccncc1Cl. The number of hydrogen-bond acceptors (Lipinski definition) is 2. The number of rotatable bonds is 6. The van der Waals surface area contributed by atoms with E-state index < -0.39 is 0 Å². The first-order chi connectivity index (χ1) is 9.25. The number of aromatic nitrogens is 1. The molecule has 1 aromatic carbocycles. The van der Waals surface area contributed by atoms with Gasteiger partial charge in [0.1, 0.15) is 0 Å². The maximum Gasteiger partial charge on any atom is 0.0634 e. The molecular weight excluding hydrogens is 256 g/mol. The molecule has 0 amide bonds. The molecule has 0 bridgehead atoms. The molecule has 0 spiro atoms. The van der Waals surface area contributed by atoms with E-state index in [4.69, 9.17) is 11.6 Å². The van der Waals surface area contributed by atoms with Crippen molar-refractivity contribution in [3.05, 3.63) is 64.9 Å². The average molecular weight is 275 g/mol. The van der Waals surface area contributed by atoms with Crippen LogP contribution in [0.4, 0.5) is 0 Å². The van der Waals surface area contributed by atoms with Crippen LogP contribution >= 0.6 is 11.6 Å². The number of nitrogens with zero attached hydrogens (tertiary/aromatic N) is 1. The summed E-state index contributed by atoms with van der Waals surface area (Å²) in [5, 5.41) is 4.22. The fraction of sp³-hybridized carbons (Fsp3) is 0.312. The molecule has 0 aliphatic heterocycles. The standard InChI is InChI=1S/C16H19ClN2/c1-13(7-8-14-5-3-2-4-6-14)19-11-15-9-10-18-12-16(15)17/h2-6,9-10,12-13,19H,7-8,11H2,1H3. The summed E-state index contributed by atoms with van der Waals surface area (Å²) in [6.07, 6.45) is 5.68. The van der Waals surface area contributed by atoms with E-state index in [1.807, 2.05) is 6.07 Å². The number of hydrogen-bond donors (Lipinski definition) is 1. The van der Waals surface area contributed by atoms with Crippen LogP contribution in [0.1, 0.15) is 24.5 Å². The van der Waals surface area contributed by atoms with Crippen LogP contribution in [-0.4, -0.2) is 11.0 Å². The quantitative estimate of drug-likeness (QED) is 0.866. The lowest BCUT2D eigenvalue weighted by Crippen LogP contribution is -2.26. The van der Waals surface area contributed by atoms with Gasteiger partial charge in [0.05, 0.1) is 5.02 Å². The summed E-state index contributed by atoms with van der Waals surface area (Å²) >= 11 is 6.08. The summed E-state index contributed by atoms with van der Waals surface area (Å²) < 4.78 is 0. The first-order valence-electron chi connectivity index (χ1n) is 6.61. The van der Waals surface area contributed by atoms with Crippen molar-refractivity contribution in [2.45, 2.75) is 32.4 Å². The Balaban J connectivity index is 1.76. The summed E-state index contributed by atoms with van der Waals surface area (Å²) in [5.74, 6) is 0. The molecule has 0 aliphatic carbocycles. The first-order valence-corrected chi connectivity index (χ1v) is 6.99. The van der Waals surface area contributed by atoms with Gasteiger partial charge in [-0.2, -0.15) is 0 Å². The van der Waals surface area contributed by atoms with Crippen LogP contribution < -0.4 is 5.32 Å². The number of aryl methyl sites for hydroxylation is 1. The second kappa shape index (κ2) is 7.27. The second-order valence-electron chi connectivity index (χ2n) is 4.77. The Hall–Kier alpha value is -1.38. The van der Waals surface area contributed by atoms with Crippen LogP contribution in [0.5, 0.6) is 0 Å². The Labute approximate surface area is 119 Å². The maximum atomic E-state index is 6.08. The smallest absolute Gasteiger partial charge is 0.0634 e. The summed E-state index contributed by atoms with van der Waals surface area (Å²) in [4.78, 5) is 3.99. The van der Waals surface area contributed by atoms with Crippen LogP contribution in [0.25, 0.3) is 0 Å². The number of halogens is 1. The molecule has 0 saturated heterocycles. The third-order valence-electron chi connectivity index (χ3n) is 3.21. The topological polar surface area (TPSA) is 24.9 Å². The normalized spacial score (nSPS) is 12.3. The molecule has 1 N–H and O–H groups in total. The largest absolute Gasteiger partial charge is 0.310 e. The van der Waals surface area contributed by atoms with Crippen molar-refractivity contribution >= 4 is 11.6 Å². The van der Waals surface area contributed by atoms with Gasteiger partial charge in [-0.05, 0) is 37.0 Å². The fourth-order valence-electron chi connectivity index (χ4n) is 1.96. The zero-order valence-corrected chi connectivity index (χ0v) is 11.9. The molecule has 1 unspecified atom stereocenters. The number of pyridine rings is 1. The van der Waals surface area contributed by atoms with Crippen molar-refractivity contribution in [2.24, 2.45) is 0 Å². The number of benzene rings is 1. The molecular formula is C16H19ClN2. The van der Waals surface area contributed by atoms with Crippen molar-refractivity contribution in [3.8, 4) is 0 Å². The predicted octanol–water partition coefficient (Wildman–Crippen LogP) is 3.85. The fourth-order valence-corrected chi connectivity index (χ4v) is 2.15. The molecule has 0 saturated carbocycles. The minimum atomic E-state index is 0.462. The molecule has 1 aromatic heterocycles. The third kappa shape index (κ3) is 4.66. The van der Waals surface area contributed by atoms with E-state index in [0.717, 1.165) is 30.0 Å². The van der Waals surface area contributed by atoms with Crippen LogP contribution in [0.15, 0.2) is 48.8 Å². The van der Waals surface area contributed by atoms with E-state index in [-0.39, 0.29) is 0 Å². The third-order valence-corrected chi connectivity index (χ3v) is 3.55. The van der Waals surface area contributed by atoms with Gasteiger partial charge >= 0.3 is 0 Å². The lowest BCUT2D eigenvalue weighted by Gasteiger charge is -2.14. The molecule has 0 fully saturated rings. The monoisotopic (exact) mass is 274 g/mol. The first kappa shape index (κ1) is 14.0. The van der Waals surface area contributed by atoms with Crippen LogP contribution in [-0.2, 0) is 13.0 Å². The second-order valence-corrected chi connectivity index (χ2v) is 5.18. The van der Waals surface area contributed by atoms with E-state index in [9.17, 15) is 0 Å². The van der Waals surface area contributed by atoms with E-state index in [1.54, 1.807) is 12.4 Å². The van der Waals surface area contributed by atoms with Crippen LogP contribution in [0.2, 0.25) is 5.02 Å². The average Bonchev–Trinajstić information content (AvgIpc) is 2.45. The van der Waals surface area contributed by atoms with Gasteiger partial charge < -0.3 is 5.32 Å². The molecule has 2 aromatic rings. The highest BCUT2D eigenvalue weighted by atomic mass is 35.5. The van der Waals surface area contributed by atoms with Gasteiger partial charge in [-0.1, -0.05) is 41.9 Å². The lowest BCUT2D eigenvalue weighted by atomic mass is 10.1. The molecule has 2 rings (SSSR count). The van der Waals surface area contributed by atoms with Crippen molar-refractivity contribution in [1.29, 1.82) is 0 Å². The zero-order chi connectivity index (χ0) is 13.5. The van der Waals surface area contributed by atoms with Gasteiger partial charge in [0, 0.05) is 25.0 Å². The van der Waals surface area contributed by atoms with Crippen LogP contribution in [0, 0.1) is 0 Å². The number of nitrogens with one attached hydrogen (secondary N) is 1. The summed E-state index contributed by atoms with van der Waals surface area (Å²) in [6, 6.07) is 13.0. The summed E-state index contributed by atoms with van der Waals surface area (Å²) in [6.45, 7) is 3.00. The highest BCUT2D eigenvalue weighted by Gasteiger charge is 2.04. The lowest BCUT2D eigenvalue weighted by molar-refractivity contribution is 0.514. The predicted molar refractivity (Wildman–Crippen MR) is 80.3 cm³/mol. The van der Waals surface area contributed by atoms with E-state index in [1.165, 1.54) is 5.56 Å². The molecule has 3 heteroatoms. The summed E-state index contributed by atoms with van der Waals surface area (Å²) in [7, 11) is 0. The van der Waals surface area contributed by atoms with Gasteiger partial charge in [0.15, 0.2) is 0 Å². The van der Waals surface area contributed by atoms with Gasteiger partial charge in [-0.3, -0.25) is 4.98 Å². The Morgan fingerprint density at radius 3 is 2.74 bits per heavy atom. The van der Waals surface area contributed by atoms with Gasteiger partial charge in [-0.15, -0.1) is 0 Å². The molecule has 19 heavy (non-hydrogen) atoms. The van der Waals surface area contributed by atoms with Crippen molar-refractivity contribution in [3.63, 3.8) is 0 Å². The van der Waals surface area contributed by atoms with Crippen LogP contribution in [0.3, 0.4) is 0 Å². The Bertz CT molecular complexity index is 499. The molecule has 1 heterocycles. The van der Waals surface area contributed by atoms with Crippen molar-refractivity contribution < 1.29 is 0 Å². The van der Waals surface area contributed by atoms with Gasteiger partial charge in [0.2, 0.25) is 0 Å². The maximum absolute atomic E-state index is 6.08. The minimum absolute atomic E-state index is 0.462. The van der Waals surface area contributed by atoms with Crippen molar-refractivity contribution in [2.75, 3.05) is 0 Å². The minimum Gasteiger partial charge on any atom is -0.310 e. The van der Waals surface area contributed by atoms with Crippen molar-refractivity contribution in [1.82, 2.24) is 10.3 Å². The van der Waals surface area contributed by atoms with Gasteiger partial charge in [-0.25, -0.2) is 0 Å². The van der Waals surface area contributed by atoms with E-state index in [0.29, 0.717) is 6.04 Å². The summed E-state index contributed by atoms with van der Waals surface area (Å²) in [5.41, 5.74) is 2.49.